The molecule has 1 saturated heterocycles. The van der Waals surface area contributed by atoms with Crippen LogP contribution < -0.4 is 0 Å². The van der Waals surface area contributed by atoms with Gasteiger partial charge in [-0.05, 0) is 24.0 Å². The number of fused-ring (bicyclic) bond motifs is 1. The molecule has 1 atom stereocenters. The molecule has 0 spiro atoms. The van der Waals surface area contributed by atoms with Crippen molar-refractivity contribution in [1.29, 1.82) is 0 Å². The summed E-state index contributed by atoms with van der Waals surface area (Å²) in [6.45, 7) is 1.14. The topological polar surface area (TPSA) is 15.6 Å². The molecule has 1 fully saturated rings. The Balaban J connectivity index is 1.88. The predicted molar refractivity (Wildman–Crippen MR) is 70.0 cm³/mol. The molecule has 3 heteroatoms. The molecule has 1 unspecified atom stereocenters. The molecular formula is C13H16N2S. The third-order valence-corrected chi connectivity index (χ3v) is 4.41. The van der Waals surface area contributed by atoms with Crippen molar-refractivity contribution in [2.75, 3.05) is 19.3 Å². The first-order valence-corrected chi connectivity index (χ1v) is 6.83. The number of aliphatic imine (C=N–C) groups is 1. The van der Waals surface area contributed by atoms with Crippen molar-refractivity contribution in [3.63, 3.8) is 0 Å². The van der Waals surface area contributed by atoms with Gasteiger partial charge in [-0.25, -0.2) is 0 Å². The highest BCUT2D eigenvalue weighted by molar-refractivity contribution is 8.14. The average Bonchev–Trinajstić information content (AvgIpc) is 2.88. The molecule has 1 aliphatic carbocycles. The average molecular weight is 232 g/mol. The summed E-state index contributed by atoms with van der Waals surface area (Å²) in [6.07, 6.45) is 2.36. The summed E-state index contributed by atoms with van der Waals surface area (Å²) in [5.41, 5.74) is 2.93. The second-order valence-electron chi connectivity index (χ2n) is 4.43. The van der Waals surface area contributed by atoms with Crippen molar-refractivity contribution in [3.8, 4) is 0 Å². The maximum Gasteiger partial charge on any atom is 0.159 e. The van der Waals surface area contributed by atoms with Crippen molar-refractivity contribution in [3.05, 3.63) is 35.4 Å². The molecule has 0 amide bonds. The molecule has 16 heavy (non-hydrogen) atoms. The summed E-state index contributed by atoms with van der Waals surface area (Å²) >= 11 is 1.89. The molecule has 2 aliphatic rings. The lowest BCUT2D eigenvalue weighted by Gasteiger charge is -2.13. The summed E-state index contributed by atoms with van der Waals surface area (Å²) in [6, 6.07) is 9.13. The fourth-order valence-corrected chi connectivity index (χ4v) is 3.48. The molecular weight excluding hydrogens is 216 g/mol. The fourth-order valence-electron chi connectivity index (χ4n) is 2.42. The Hall–Kier alpha value is -0.960. The minimum absolute atomic E-state index is 0.402. The van der Waals surface area contributed by atoms with Gasteiger partial charge in [0.15, 0.2) is 5.17 Å². The first-order valence-electron chi connectivity index (χ1n) is 5.84. The van der Waals surface area contributed by atoms with Crippen molar-refractivity contribution >= 4 is 16.9 Å². The van der Waals surface area contributed by atoms with Crippen molar-refractivity contribution in [1.82, 2.24) is 4.90 Å². The molecule has 0 aromatic heterocycles. The maximum absolute atomic E-state index is 4.90. The van der Waals surface area contributed by atoms with Crippen molar-refractivity contribution < 1.29 is 0 Å². The van der Waals surface area contributed by atoms with E-state index in [4.69, 9.17) is 4.99 Å². The number of thioether (sulfide) groups is 1. The molecule has 0 saturated carbocycles. The molecule has 0 N–H and O–H groups in total. The zero-order valence-electron chi connectivity index (χ0n) is 9.52. The highest BCUT2D eigenvalue weighted by atomic mass is 32.2. The van der Waals surface area contributed by atoms with Crippen LogP contribution >= 0.6 is 11.8 Å². The summed E-state index contributed by atoms with van der Waals surface area (Å²) in [7, 11) is 2.14. The second kappa shape index (κ2) is 4.13. The van der Waals surface area contributed by atoms with Crippen LogP contribution in [0.4, 0.5) is 0 Å². The number of amidine groups is 1. The van der Waals surface area contributed by atoms with Gasteiger partial charge >= 0.3 is 0 Å². The molecule has 3 rings (SSSR count). The lowest BCUT2D eigenvalue weighted by Crippen LogP contribution is -2.18. The SMILES string of the molecule is CN1CCSC1=NC1CCc2ccccc21. The van der Waals surface area contributed by atoms with E-state index in [1.54, 1.807) is 0 Å². The first kappa shape index (κ1) is 10.2. The van der Waals surface area contributed by atoms with Crippen LogP contribution in [-0.4, -0.2) is 29.4 Å². The highest BCUT2D eigenvalue weighted by Gasteiger charge is 2.24. The molecule has 0 radical (unpaired) electrons. The predicted octanol–water partition coefficient (Wildman–Crippen LogP) is 2.71. The zero-order valence-corrected chi connectivity index (χ0v) is 10.3. The van der Waals surface area contributed by atoms with Crippen LogP contribution in [0.2, 0.25) is 0 Å². The molecule has 1 aromatic rings. The van der Waals surface area contributed by atoms with Gasteiger partial charge in [-0.1, -0.05) is 36.0 Å². The van der Waals surface area contributed by atoms with Gasteiger partial charge in [0, 0.05) is 19.3 Å². The van der Waals surface area contributed by atoms with Crippen LogP contribution in [0.1, 0.15) is 23.6 Å². The third kappa shape index (κ3) is 1.73. The summed E-state index contributed by atoms with van der Waals surface area (Å²) in [4.78, 5) is 7.17. The second-order valence-corrected chi connectivity index (χ2v) is 5.50. The lowest BCUT2D eigenvalue weighted by atomic mass is 10.1. The monoisotopic (exact) mass is 232 g/mol. The van der Waals surface area contributed by atoms with E-state index in [2.05, 4.69) is 36.2 Å². The molecule has 84 valence electrons. The van der Waals surface area contributed by atoms with Crippen molar-refractivity contribution in [2.24, 2.45) is 4.99 Å². The van der Waals surface area contributed by atoms with E-state index in [9.17, 15) is 0 Å². The number of rotatable bonds is 1. The van der Waals surface area contributed by atoms with Gasteiger partial charge in [0.05, 0.1) is 6.04 Å². The lowest BCUT2D eigenvalue weighted by molar-refractivity contribution is 0.553. The minimum Gasteiger partial charge on any atom is -0.354 e. The molecule has 0 bridgehead atoms. The van der Waals surface area contributed by atoms with Gasteiger partial charge in [0.25, 0.3) is 0 Å². The normalized spacial score (nSPS) is 26.4. The van der Waals surface area contributed by atoms with Gasteiger partial charge in [0.2, 0.25) is 0 Å². The van der Waals surface area contributed by atoms with Crippen LogP contribution in [0.3, 0.4) is 0 Å². The van der Waals surface area contributed by atoms with E-state index in [1.165, 1.54) is 34.9 Å². The van der Waals surface area contributed by atoms with Crippen LogP contribution in [0.5, 0.6) is 0 Å². The van der Waals surface area contributed by atoms with E-state index >= 15 is 0 Å². The van der Waals surface area contributed by atoms with Crippen molar-refractivity contribution in [2.45, 2.75) is 18.9 Å². The quantitative estimate of drug-likeness (QED) is 0.740. The van der Waals surface area contributed by atoms with Crippen LogP contribution in [0.25, 0.3) is 0 Å². The van der Waals surface area contributed by atoms with Crippen LogP contribution in [0, 0.1) is 0 Å². The smallest absolute Gasteiger partial charge is 0.159 e. The van der Waals surface area contributed by atoms with Gasteiger partial charge in [-0.3, -0.25) is 4.99 Å². The van der Waals surface area contributed by atoms with E-state index in [1.807, 2.05) is 11.8 Å². The Bertz CT molecular complexity index is 428. The van der Waals surface area contributed by atoms with Crippen LogP contribution in [0.15, 0.2) is 29.3 Å². The number of hydrogen-bond donors (Lipinski definition) is 0. The van der Waals surface area contributed by atoms with E-state index < -0.39 is 0 Å². The Labute approximate surface area is 101 Å². The first-order chi connectivity index (χ1) is 7.84. The largest absolute Gasteiger partial charge is 0.354 e. The van der Waals surface area contributed by atoms with Gasteiger partial charge < -0.3 is 4.90 Å². The standard InChI is InChI=1S/C13H16N2S/c1-15-8-9-16-13(15)14-12-7-6-10-4-2-3-5-11(10)12/h2-5,12H,6-9H2,1H3. The number of hydrogen-bond acceptors (Lipinski definition) is 2. The Morgan fingerprint density at radius 3 is 3.06 bits per heavy atom. The Morgan fingerprint density at radius 1 is 1.38 bits per heavy atom. The fraction of sp³-hybridized carbons (Fsp3) is 0.462. The maximum atomic E-state index is 4.90. The molecule has 1 aliphatic heterocycles. The number of nitrogens with zero attached hydrogens (tertiary/aromatic N) is 2. The van der Waals surface area contributed by atoms with Gasteiger partial charge in [-0.15, -0.1) is 0 Å². The summed E-state index contributed by atoms with van der Waals surface area (Å²) in [5, 5.41) is 1.22. The van der Waals surface area contributed by atoms with Gasteiger partial charge in [0.1, 0.15) is 0 Å². The summed E-state index contributed by atoms with van der Waals surface area (Å²) < 4.78 is 0. The third-order valence-electron chi connectivity index (χ3n) is 3.35. The summed E-state index contributed by atoms with van der Waals surface area (Å²) in [5.74, 6) is 1.18. The van der Waals surface area contributed by atoms with E-state index in [0.717, 1.165) is 6.54 Å². The zero-order chi connectivity index (χ0) is 11.0. The van der Waals surface area contributed by atoms with Crippen LogP contribution in [-0.2, 0) is 6.42 Å². The van der Waals surface area contributed by atoms with Gasteiger partial charge in [-0.2, -0.15) is 0 Å². The highest BCUT2D eigenvalue weighted by Crippen LogP contribution is 2.35. The van der Waals surface area contributed by atoms with E-state index in [-0.39, 0.29) is 0 Å². The molecule has 1 aromatic carbocycles. The Morgan fingerprint density at radius 2 is 2.25 bits per heavy atom. The Kier molecular flexibility index (Phi) is 2.64. The van der Waals surface area contributed by atoms with E-state index in [0.29, 0.717) is 6.04 Å². The minimum atomic E-state index is 0.402. The number of benzene rings is 1. The molecule has 2 nitrogen and oxygen atoms in total. The molecule has 1 heterocycles. The number of aryl methyl sites for hydroxylation is 1.